The van der Waals surface area contributed by atoms with Crippen LogP contribution in [0.25, 0.3) is 22.3 Å². The third-order valence-corrected chi connectivity index (χ3v) is 13.6. The van der Waals surface area contributed by atoms with Crippen LogP contribution in [0, 0.1) is 26.0 Å². The molecule has 0 bridgehead atoms. The molecule has 2 unspecified atom stereocenters. The Hall–Kier alpha value is -3.20. The van der Waals surface area contributed by atoms with Crippen LogP contribution in [0.3, 0.4) is 0 Å². The summed E-state index contributed by atoms with van der Waals surface area (Å²) in [6, 6.07) is 27.3. The van der Waals surface area contributed by atoms with Gasteiger partial charge in [-0.3, -0.25) is 0 Å². The van der Waals surface area contributed by atoms with Gasteiger partial charge in [-0.05, 0) is 154 Å². The van der Waals surface area contributed by atoms with E-state index < -0.39 is 0 Å². The first-order valence-electron chi connectivity index (χ1n) is 24.5. The molecule has 2 atom stereocenters. The van der Waals surface area contributed by atoms with Crippen molar-refractivity contribution >= 4 is 0 Å². The molecule has 0 heterocycles. The lowest BCUT2D eigenvalue weighted by Gasteiger charge is -2.44. The smallest absolute Gasteiger partial charge is 0.0802 e. The summed E-state index contributed by atoms with van der Waals surface area (Å²) in [7, 11) is 0. The van der Waals surface area contributed by atoms with Crippen LogP contribution < -0.4 is 0 Å². The zero-order chi connectivity index (χ0) is 46.0. The van der Waals surface area contributed by atoms with E-state index >= 15 is 0 Å². The minimum Gasteiger partial charge on any atom is -0.374 e. The monoisotopic (exact) mass is 839 g/mol. The van der Waals surface area contributed by atoms with Gasteiger partial charge in [-0.2, -0.15) is 0 Å². The summed E-state index contributed by atoms with van der Waals surface area (Å²) in [5.41, 5.74) is 18.0. The van der Waals surface area contributed by atoms with Gasteiger partial charge in [-0.25, -0.2) is 0 Å². The predicted octanol–water partition coefficient (Wildman–Crippen LogP) is 17.4. The molecule has 2 radical (unpaired) electrons. The van der Waals surface area contributed by atoms with Crippen LogP contribution in [0.5, 0.6) is 0 Å². The molecule has 2 heteroatoms. The average molecular weight is 839 g/mol. The highest BCUT2D eigenvalue weighted by atomic mass is 16.5. The van der Waals surface area contributed by atoms with E-state index in [0.29, 0.717) is 0 Å². The van der Waals surface area contributed by atoms with Crippen LogP contribution in [-0.4, -0.2) is 13.2 Å². The lowest BCUT2D eigenvalue weighted by molar-refractivity contribution is 0.0639. The van der Waals surface area contributed by atoms with Gasteiger partial charge in [-0.15, -0.1) is 0 Å². The van der Waals surface area contributed by atoms with Gasteiger partial charge >= 0.3 is 0 Å². The van der Waals surface area contributed by atoms with Crippen molar-refractivity contribution in [2.24, 2.45) is 0 Å². The van der Waals surface area contributed by atoms with Crippen molar-refractivity contribution in [1.29, 1.82) is 0 Å². The molecule has 62 heavy (non-hydrogen) atoms. The fraction of sp³-hybridized carbons (Fsp3) is 0.600. The first-order chi connectivity index (χ1) is 28.9. The second kappa shape index (κ2) is 19.5. The van der Waals surface area contributed by atoms with Crippen LogP contribution >= 0.6 is 0 Å². The van der Waals surface area contributed by atoms with Crippen LogP contribution in [0.2, 0.25) is 0 Å². The predicted molar refractivity (Wildman–Crippen MR) is 268 cm³/mol. The lowest BCUT2D eigenvalue weighted by Crippen LogP contribution is -2.34. The summed E-state index contributed by atoms with van der Waals surface area (Å²) in [6.07, 6.45) is 9.73. The maximum atomic E-state index is 6.86. The summed E-state index contributed by atoms with van der Waals surface area (Å²) < 4.78 is 13.7. The maximum Gasteiger partial charge on any atom is 0.0802 e. The molecule has 1 aliphatic carbocycles. The fourth-order valence-electron chi connectivity index (χ4n) is 10.2. The number of hydrogen-bond acceptors (Lipinski definition) is 2. The third kappa shape index (κ3) is 10.7. The summed E-state index contributed by atoms with van der Waals surface area (Å²) >= 11 is 0. The van der Waals surface area contributed by atoms with Crippen LogP contribution in [0.1, 0.15) is 236 Å². The zero-order valence-corrected chi connectivity index (χ0v) is 42.9. The van der Waals surface area contributed by atoms with E-state index in [0.717, 1.165) is 64.6 Å². The van der Waals surface area contributed by atoms with Gasteiger partial charge in [0.1, 0.15) is 0 Å². The van der Waals surface area contributed by atoms with Crippen molar-refractivity contribution in [3.05, 3.63) is 116 Å². The quantitative estimate of drug-likeness (QED) is 0.118. The van der Waals surface area contributed by atoms with E-state index in [1.165, 1.54) is 84.3 Å². The Bertz CT molecular complexity index is 1910. The van der Waals surface area contributed by atoms with Gasteiger partial charge < -0.3 is 9.47 Å². The highest BCUT2D eigenvalue weighted by molar-refractivity contribution is 5.85. The largest absolute Gasteiger partial charge is 0.374 e. The molecule has 1 saturated carbocycles. The van der Waals surface area contributed by atoms with E-state index in [1.54, 1.807) is 0 Å². The van der Waals surface area contributed by atoms with Crippen molar-refractivity contribution in [3.63, 3.8) is 0 Å². The molecular weight excluding hydrogens is 753 g/mol. The average Bonchev–Trinajstić information content (AvgIpc) is 3.18. The van der Waals surface area contributed by atoms with Crippen LogP contribution in [0.4, 0.5) is 0 Å². The topological polar surface area (TPSA) is 18.5 Å². The Kier molecular flexibility index (Phi) is 15.7. The Balaban J connectivity index is 2.09. The minimum atomic E-state index is -0.369. The Morgan fingerprint density at radius 2 is 0.839 bits per heavy atom. The molecule has 4 aromatic carbocycles. The Labute approximate surface area is 381 Å². The third-order valence-electron chi connectivity index (χ3n) is 13.6. The number of hydrogen-bond donors (Lipinski definition) is 0. The SMILES string of the molecule is CCCCOC(C)c1cc[c]c(C2(c3[c]ccc(C(C)OCCCC)c3-c3c(C(C)(C)C)cc(C)cc3C(C)(C)C)CCCCC2)c1-c1c(C(C)(C)C)cc(C)cc1C(C)(C)C. The fourth-order valence-corrected chi connectivity index (χ4v) is 10.2. The molecular formula is C60H86O2. The number of ether oxygens (including phenoxy) is 2. The van der Waals surface area contributed by atoms with E-state index in [4.69, 9.17) is 9.47 Å². The first kappa shape index (κ1) is 49.8. The van der Waals surface area contributed by atoms with Gasteiger partial charge in [0.15, 0.2) is 0 Å². The van der Waals surface area contributed by atoms with Gasteiger partial charge in [-0.1, -0.05) is 189 Å². The summed E-state index contributed by atoms with van der Waals surface area (Å²) in [6.45, 7) is 43.9. The second-order valence-corrected chi connectivity index (χ2v) is 23.2. The molecule has 0 aromatic heterocycles. The maximum absolute atomic E-state index is 6.86. The highest BCUT2D eigenvalue weighted by Gasteiger charge is 2.44. The van der Waals surface area contributed by atoms with E-state index in [-0.39, 0.29) is 39.3 Å². The Morgan fingerprint density at radius 3 is 1.13 bits per heavy atom. The summed E-state index contributed by atoms with van der Waals surface area (Å²) in [5, 5.41) is 0. The number of benzene rings is 4. The van der Waals surface area contributed by atoms with Crippen molar-refractivity contribution in [1.82, 2.24) is 0 Å². The van der Waals surface area contributed by atoms with Crippen LogP contribution in [-0.2, 0) is 36.5 Å². The van der Waals surface area contributed by atoms with Crippen molar-refractivity contribution in [3.8, 4) is 22.3 Å². The van der Waals surface area contributed by atoms with E-state index in [1.807, 2.05) is 0 Å². The summed E-state index contributed by atoms with van der Waals surface area (Å²) in [4.78, 5) is 0. The molecule has 1 aliphatic rings. The Morgan fingerprint density at radius 1 is 0.516 bits per heavy atom. The van der Waals surface area contributed by atoms with Gasteiger partial charge in [0.2, 0.25) is 0 Å². The normalized spacial score (nSPS) is 16.1. The number of aryl methyl sites for hydroxylation is 2. The van der Waals surface area contributed by atoms with E-state index in [9.17, 15) is 0 Å². The van der Waals surface area contributed by atoms with Crippen LogP contribution in [0.15, 0.2) is 48.5 Å². The van der Waals surface area contributed by atoms with E-state index in [2.05, 4.69) is 185 Å². The highest BCUT2D eigenvalue weighted by Crippen LogP contribution is 2.57. The number of rotatable bonds is 14. The molecule has 338 valence electrons. The second-order valence-electron chi connectivity index (χ2n) is 23.2. The summed E-state index contributed by atoms with van der Waals surface area (Å²) in [5.74, 6) is 0. The zero-order valence-electron chi connectivity index (χ0n) is 42.9. The van der Waals surface area contributed by atoms with Gasteiger partial charge in [0.25, 0.3) is 0 Å². The molecule has 0 amide bonds. The van der Waals surface area contributed by atoms with Crippen molar-refractivity contribution in [2.45, 2.75) is 222 Å². The van der Waals surface area contributed by atoms with Crippen molar-refractivity contribution < 1.29 is 9.47 Å². The molecule has 0 aliphatic heterocycles. The molecule has 0 N–H and O–H groups in total. The lowest BCUT2D eigenvalue weighted by atomic mass is 9.59. The first-order valence-corrected chi connectivity index (χ1v) is 24.5. The van der Waals surface area contributed by atoms with Crippen molar-refractivity contribution in [2.75, 3.05) is 13.2 Å². The number of unbranched alkanes of at least 4 members (excludes halogenated alkanes) is 2. The molecule has 1 fully saturated rings. The van der Waals surface area contributed by atoms with Gasteiger partial charge in [0.05, 0.1) is 12.2 Å². The standard InChI is InChI=1S/C60H86O2/c1-19-21-34-61-42(5)44-28-26-30-46(52(44)54-48(56(7,8)9)36-40(3)37-49(54)57(10,11)12)60(32-24-23-25-33-60)47-31-27-29-45(43(6)62-35-22-20-2)53(47)55-50(58(13,14)15)38-41(4)39-51(55)59(16,17)18/h26-29,36-39,42-43H,19-25,32-35H2,1-18H3. The molecule has 2 nitrogen and oxygen atoms in total. The molecule has 0 saturated heterocycles. The molecule has 0 spiro atoms. The molecule has 5 rings (SSSR count). The molecule has 4 aromatic rings. The van der Waals surface area contributed by atoms with Gasteiger partial charge in [0, 0.05) is 18.6 Å². The minimum absolute atomic E-state index is 0.0914.